The second-order valence-electron chi connectivity index (χ2n) is 6.71. The Morgan fingerprint density at radius 2 is 2.00 bits per heavy atom. The molecular formula is C18H27N3O3. The van der Waals surface area contributed by atoms with Gasteiger partial charge in [0.05, 0.1) is 11.3 Å². The number of hydrogen-bond acceptors (Lipinski definition) is 5. The number of nitrogens with one attached hydrogen (secondary N) is 1. The third-order valence-corrected chi connectivity index (χ3v) is 4.90. The predicted octanol–water partition coefficient (Wildman–Crippen LogP) is 2.12. The molecule has 6 heteroatoms. The third kappa shape index (κ3) is 4.19. The van der Waals surface area contributed by atoms with E-state index in [1.165, 1.54) is 0 Å². The molecule has 24 heavy (non-hydrogen) atoms. The molecule has 0 atom stereocenters. The first kappa shape index (κ1) is 17.0. The van der Waals surface area contributed by atoms with Crippen LogP contribution < -0.4 is 10.2 Å². The van der Waals surface area contributed by atoms with Crippen molar-refractivity contribution in [2.45, 2.75) is 25.3 Å². The summed E-state index contributed by atoms with van der Waals surface area (Å²) in [5.41, 5.74) is 2.17. The number of aromatic carboxylic acids is 1. The highest BCUT2D eigenvalue weighted by Gasteiger charge is 2.19. The number of carboxylic acids is 1. The summed E-state index contributed by atoms with van der Waals surface area (Å²) in [7, 11) is 2.15. The number of hydrogen-bond donors (Lipinski definition) is 2. The van der Waals surface area contributed by atoms with Crippen molar-refractivity contribution in [2.75, 3.05) is 56.7 Å². The molecule has 2 aliphatic rings. The van der Waals surface area contributed by atoms with E-state index in [2.05, 4.69) is 22.2 Å². The van der Waals surface area contributed by atoms with Gasteiger partial charge in [-0.25, -0.2) is 4.79 Å². The molecular weight excluding hydrogens is 306 g/mol. The monoisotopic (exact) mass is 333 g/mol. The average molecular weight is 333 g/mol. The molecule has 2 fully saturated rings. The molecule has 0 aliphatic carbocycles. The summed E-state index contributed by atoms with van der Waals surface area (Å²) < 4.78 is 5.39. The molecule has 3 rings (SSSR count). The number of carbonyl (C=O) groups is 1. The van der Waals surface area contributed by atoms with E-state index in [1.807, 2.05) is 12.1 Å². The maximum Gasteiger partial charge on any atom is 0.337 e. The van der Waals surface area contributed by atoms with Gasteiger partial charge in [0.1, 0.15) is 0 Å². The summed E-state index contributed by atoms with van der Waals surface area (Å²) in [6.45, 7) is 5.59. The average Bonchev–Trinajstić information content (AvgIpc) is 2.80. The lowest BCUT2D eigenvalue weighted by atomic mass is 10.1. The lowest BCUT2D eigenvalue weighted by molar-refractivity contribution is 0.0697. The van der Waals surface area contributed by atoms with Gasteiger partial charge in [0.25, 0.3) is 0 Å². The lowest BCUT2D eigenvalue weighted by Gasteiger charge is -2.27. The predicted molar refractivity (Wildman–Crippen MR) is 95.2 cm³/mol. The van der Waals surface area contributed by atoms with Crippen molar-refractivity contribution in [2.24, 2.45) is 0 Å². The van der Waals surface area contributed by atoms with Crippen molar-refractivity contribution in [3.63, 3.8) is 0 Å². The minimum absolute atomic E-state index is 0.280. The molecule has 6 nitrogen and oxygen atoms in total. The Morgan fingerprint density at radius 1 is 1.21 bits per heavy atom. The van der Waals surface area contributed by atoms with Gasteiger partial charge in [-0.05, 0) is 51.1 Å². The first-order chi connectivity index (χ1) is 11.6. The van der Waals surface area contributed by atoms with Gasteiger partial charge in [0.2, 0.25) is 0 Å². The second kappa shape index (κ2) is 7.85. The smallest absolute Gasteiger partial charge is 0.337 e. The normalized spacial score (nSPS) is 20.6. The Balaban J connectivity index is 1.80. The third-order valence-electron chi connectivity index (χ3n) is 4.90. The van der Waals surface area contributed by atoms with Crippen molar-refractivity contribution < 1.29 is 14.6 Å². The fraction of sp³-hybridized carbons (Fsp3) is 0.611. The second-order valence-corrected chi connectivity index (χ2v) is 6.71. The maximum absolute atomic E-state index is 11.6. The molecule has 0 amide bonds. The van der Waals surface area contributed by atoms with E-state index >= 15 is 0 Å². The maximum atomic E-state index is 11.6. The summed E-state index contributed by atoms with van der Waals surface area (Å²) in [6, 6.07) is 5.95. The van der Waals surface area contributed by atoms with Gasteiger partial charge in [0, 0.05) is 44.6 Å². The van der Waals surface area contributed by atoms with Crippen molar-refractivity contribution >= 4 is 17.3 Å². The van der Waals surface area contributed by atoms with E-state index in [0.717, 1.165) is 70.0 Å². The highest BCUT2D eigenvalue weighted by Crippen LogP contribution is 2.27. The van der Waals surface area contributed by atoms with Gasteiger partial charge in [0.15, 0.2) is 0 Å². The van der Waals surface area contributed by atoms with Gasteiger partial charge in [-0.3, -0.25) is 0 Å². The molecule has 2 aliphatic heterocycles. The molecule has 0 bridgehead atoms. The van der Waals surface area contributed by atoms with E-state index in [-0.39, 0.29) is 6.04 Å². The number of ether oxygens (including phenoxy) is 1. The Labute approximate surface area is 143 Å². The van der Waals surface area contributed by atoms with Crippen LogP contribution in [0.15, 0.2) is 18.2 Å². The highest BCUT2D eigenvalue weighted by atomic mass is 16.5. The van der Waals surface area contributed by atoms with Crippen LogP contribution in [0.5, 0.6) is 0 Å². The highest BCUT2D eigenvalue weighted by molar-refractivity contribution is 5.95. The number of carboxylic acid groups (broad SMARTS) is 1. The molecule has 0 aromatic heterocycles. The summed E-state index contributed by atoms with van der Waals surface area (Å²) in [5.74, 6) is -0.883. The molecule has 0 saturated carbocycles. The number of nitrogens with zero attached hydrogens (tertiary/aromatic N) is 2. The van der Waals surface area contributed by atoms with Crippen LogP contribution in [0, 0.1) is 0 Å². The molecule has 0 unspecified atom stereocenters. The summed E-state index contributed by atoms with van der Waals surface area (Å²) >= 11 is 0. The van der Waals surface area contributed by atoms with Crippen LogP contribution >= 0.6 is 0 Å². The summed E-state index contributed by atoms with van der Waals surface area (Å²) in [4.78, 5) is 16.3. The van der Waals surface area contributed by atoms with E-state index < -0.39 is 5.97 Å². The number of benzene rings is 1. The van der Waals surface area contributed by atoms with Crippen molar-refractivity contribution in [3.8, 4) is 0 Å². The minimum Gasteiger partial charge on any atom is -0.478 e. The van der Waals surface area contributed by atoms with Crippen molar-refractivity contribution in [1.29, 1.82) is 0 Å². The van der Waals surface area contributed by atoms with Crippen LogP contribution in [0.3, 0.4) is 0 Å². The number of anilines is 2. The van der Waals surface area contributed by atoms with Crippen LogP contribution in [0.1, 0.15) is 29.6 Å². The number of rotatable bonds is 4. The Hall–Kier alpha value is -1.79. The molecule has 2 heterocycles. The minimum atomic E-state index is -0.883. The largest absolute Gasteiger partial charge is 0.478 e. The van der Waals surface area contributed by atoms with Crippen LogP contribution in [0.2, 0.25) is 0 Å². The lowest BCUT2D eigenvalue weighted by Crippen LogP contribution is -2.30. The van der Waals surface area contributed by atoms with E-state index in [9.17, 15) is 9.90 Å². The summed E-state index contributed by atoms with van der Waals surface area (Å²) in [5, 5.41) is 12.9. The van der Waals surface area contributed by atoms with Gasteiger partial charge >= 0.3 is 5.97 Å². The Kier molecular flexibility index (Phi) is 5.58. The summed E-state index contributed by atoms with van der Waals surface area (Å²) in [6.07, 6.45) is 2.95. The van der Waals surface area contributed by atoms with E-state index in [1.54, 1.807) is 6.07 Å². The standard InChI is InChI=1S/C18H27N3O3/c1-20-7-2-8-21(10-9-20)15-3-4-16(18(22)23)17(13-15)19-14-5-11-24-12-6-14/h3-4,13-14,19H,2,5-12H2,1H3,(H,22,23). The molecule has 2 saturated heterocycles. The van der Waals surface area contributed by atoms with Crippen LogP contribution in [0.4, 0.5) is 11.4 Å². The van der Waals surface area contributed by atoms with Crippen molar-refractivity contribution in [1.82, 2.24) is 4.90 Å². The van der Waals surface area contributed by atoms with Gasteiger partial charge in [-0.15, -0.1) is 0 Å². The molecule has 2 N–H and O–H groups in total. The fourth-order valence-electron chi connectivity index (χ4n) is 3.40. The zero-order chi connectivity index (χ0) is 16.9. The SMILES string of the molecule is CN1CCCN(c2ccc(C(=O)O)c(NC3CCOCC3)c2)CC1. The Bertz CT molecular complexity index is 573. The zero-order valence-electron chi connectivity index (χ0n) is 14.3. The fourth-order valence-corrected chi connectivity index (χ4v) is 3.40. The first-order valence-corrected chi connectivity index (χ1v) is 8.78. The van der Waals surface area contributed by atoms with E-state index in [4.69, 9.17) is 4.74 Å². The molecule has 1 aromatic rings. The van der Waals surface area contributed by atoms with Crippen LogP contribution in [0.25, 0.3) is 0 Å². The van der Waals surface area contributed by atoms with Crippen LogP contribution in [-0.2, 0) is 4.74 Å². The van der Waals surface area contributed by atoms with Crippen LogP contribution in [-0.4, -0.2) is 68.5 Å². The van der Waals surface area contributed by atoms with Gasteiger partial charge in [-0.1, -0.05) is 0 Å². The molecule has 0 radical (unpaired) electrons. The van der Waals surface area contributed by atoms with Gasteiger partial charge in [-0.2, -0.15) is 0 Å². The molecule has 0 spiro atoms. The zero-order valence-corrected chi connectivity index (χ0v) is 14.3. The first-order valence-electron chi connectivity index (χ1n) is 8.78. The molecule has 132 valence electrons. The van der Waals surface area contributed by atoms with Gasteiger partial charge < -0.3 is 25.0 Å². The van der Waals surface area contributed by atoms with Crippen molar-refractivity contribution in [3.05, 3.63) is 23.8 Å². The molecule has 1 aromatic carbocycles. The van der Waals surface area contributed by atoms with E-state index in [0.29, 0.717) is 5.56 Å². The number of likely N-dealkylation sites (N-methyl/N-ethyl adjacent to an activating group) is 1. The Morgan fingerprint density at radius 3 is 2.75 bits per heavy atom. The topological polar surface area (TPSA) is 65.0 Å². The quantitative estimate of drug-likeness (QED) is 0.880.